The van der Waals surface area contributed by atoms with Gasteiger partial charge in [-0.3, -0.25) is 36.3 Å². The number of amides is 1. The minimum atomic E-state index is -2.67. The van der Waals surface area contributed by atoms with Crippen molar-refractivity contribution in [1.82, 2.24) is 36.4 Å². The van der Waals surface area contributed by atoms with Crippen LogP contribution in [-0.2, 0) is 14.3 Å². The predicted octanol–water partition coefficient (Wildman–Crippen LogP) is 1.58. The number of carbonyl (C=O) groups is 1. The smallest absolute Gasteiger partial charge is 0.345 e. The molecule has 6 aliphatic rings. The SMILES string of the molecule is CC1CC(NC2NCCN3C(C4CCC(OC(F)F)CC4)CNC23)CCC1C(=O)N1CCC(OC2NCCCN2)CC1. The van der Waals surface area contributed by atoms with Crippen LogP contribution in [0.4, 0.5) is 8.78 Å². The average molecular weight is 598 g/mol. The van der Waals surface area contributed by atoms with Crippen LogP contribution in [0.1, 0.15) is 71.1 Å². The lowest BCUT2D eigenvalue weighted by molar-refractivity contribution is -0.172. The number of hydrogen-bond acceptors (Lipinski definition) is 9. The van der Waals surface area contributed by atoms with Crippen LogP contribution in [-0.4, -0.2) is 111 Å². The van der Waals surface area contributed by atoms with Crippen molar-refractivity contribution < 1.29 is 23.0 Å². The van der Waals surface area contributed by atoms with Crippen LogP contribution in [0, 0.1) is 17.8 Å². The third kappa shape index (κ3) is 7.44. The third-order valence-electron chi connectivity index (χ3n) is 10.9. The molecule has 0 aromatic heterocycles. The second-order valence-corrected chi connectivity index (χ2v) is 13.6. The van der Waals surface area contributed by atoms with E-state index in [4.69, 9.17) is 9.47 Å². The first kappa shape index (κ1) is 31.0. The van der Waals surface area contributed by atoms with Crippen molar-refractivity contribution in [3.8, 4) is 0 Å². The Morgan fingerprint density at radius 1 is 0.881 bits per heavy atom. The number of hydrogen-bond donors (Lipinski definition) is 5. The molecule has 6 rings (SSSR count). The number of likely N-dealkylation sites (tertiary alicyclic amines) is 1. The largest absolute Gasteiger partial charge is 0.347 e. The summed E-state index contributed by atoms with van der Waals surface area (Å²) in [5.41, 5.74) is 0. The lowest BCUT2D eigenvalue weighted by atomic mass is 9.77. The lowest BCUT2D eigenvalue weighted by Gasteiger charge is -2.45. The maximum Gasteiger partial charge on any atom is 0.345 e. The Morgan fingerprint density at radius 2 is 1.64 bits per heavy atom. The molecular weight excluding hydrogens is 544 g/mol. The van der Waals surface area contributed by atoms with Gasteiger partial charge < -0.3 is 14.4 Å². The molecule has 0 aromatic rings. The Balaban J connectivity index is 0.937. The number of alkyl halides is 2. The Hall–Kier alpha value is -0.990. The molecule has 6 unspecified atom stereocenters. The van der Waals surface area contributed by atoms with Crippen molar-refractivity contribution in [2.24, 2.45) is 17.8 Å². The van der Waals surface area contributed by atoms with Crippen molar-refractivity contribution in [3.05, 3.63) is 0 Å². The molecule has 0 aromatic carbocycles. The van der Waals surface area contributed by atoms with E-state index in [1.807, 2.05) is 0 Å². The number of nitrogens with zero attached hydrogens (tertiary/aromatic N) is 2. The van der Waals surface area contributed by atoms with Gasteiger partial charge in [-0.15, -0.1) is 0 Å². The van der Waals surface area contributed by atoms with Gasteiger partial charge in [-0.05, 0) is 89.1 Å². The fourth-order valence-electron chi connectivity index (χ4n) is 8.63. The Kier molecular flexibility index (Phi) is 10.6. The average Bonchev–Trinajstić information content (AvgIpc) is 3.43. The third-order valence-corrected chi connectivity index (χ3v) is 10.9. The van der Waals surface area contributed by atoms with Gasteiger partial charge in [0.15, 0.2) is 6.35 Å². The first-order valence-corrected chi connectivity index (χ1v) is 16.8. The molecule has 240 valence electrons. The number of carbonyl (C=O) groups excluding carboxylic acids is 1. The molecule has 0 radical (unpaired) electrons. The molecule has 4 aliphatic heterocycles. The van der Waals surface area contributed by atoms with Gasteiger partial charge in [0, 0.05) is 50.7 Å². The second kappa shape index (κ2) is 14.4. The second-order valence-electron chi connectivity index (χ2n) is 13.6. The summed E-state index contributed by atoms with van der Waals surface area (Å²) in [6.45, 7) is 6.03. The summed E-state index contributed by atoms with van der Waals surface area (Å²) >= 11 is 0. The molecule has 2 saturated carbocycles. The summed E-state index contributed by atoms with van der Waals surface area (Å²) in [6, 6.07) is 0.838. The Morgan fingerprint density at radius 3 is 2.36 bits per heavy atom. The monoisotopic (exact) mass is 597 g/mol. The summed E-state index contributed by atoms with van der Waals surface area (Å²) < 4.78 is 36.3. The summed E-state index contributed by atoms with van der Waals surface area (Å²) in [7, 11) is 0. The topological polar surface area (TPSA) is 102 Å². The van der Waals surface area contributed by atoms with Gasteiger partial charge in [0.2, 0.25) is 5.91 Å². The summed E-state index contributed by atoms with van der Waals surface area (Å²) in [5, 5.41) is 18.1. The summed E-state index contributed by atoms with van der Waals surface area (Å²) in [5.74, 6) is 1.32. The van der Waals surface area contributed by atoms with E-state index < -0.39 is 6.61 Å². The molecule has 10 nitrogen and oxygen atoms in total. The van der Waals surface area contributed by atoms with E-state index >= 15 is 0 Å². The zero-order valence-corrected chi connectivity index (χ0v) is 25.2. The van der Waals surface area contributed by atoms with Crippen LogP contribution in [0.25, 0.3) is 0 Å². The van der Waals surface area contributed by atoms with Crippen molar-refractivity contribution in [3.63, 3.8) is 0 Å². The van der Waals surface area contributed by atoms with Crippen LogP contribution in [0.15, 0.2) is 0 Å². The highest BCUT2D eigenvalue weighted by Crippen LogP contribution is 2.36. The van der Waals surface area contributed by atoms with Crippen molar-refractivity contribution >= 4 is 5.91 Å². The molecule has 12 heteroatoms. The maximum absolute atomic E-state index is 13.5. The fourth-order valence-corrected chi connectivity index (χ4v) is 8.63. The van der Waals surface area contributed by atoms with E-state index in [1.165, 1.54) is 0 Å². The van der Waals surface area contributed by atoms with Gasteiger partial charge in [-0.1, -0.05) is 6.92 Å². The van der Waals surface area contributed by atoms with Gasteiger partial charge in [0.25, 0.3) is 0 Å². The van der Waals surface area contributed by atoms with Crippen LogP contribution in [0.3, 0.4) is 0 Å². The fraction of sp³-hybridized carbons (Fsp3) is 0.967. The number of piperazine rings is 1. The quantitative estimate of drug-likeness (QED) is 0.286. The summed E-state index contributed by atoms with van der Waals surface area (Å²) in [6.07, 6.45) is 9.51. The van der Waals surface area contributed by atoms with E-state index in [0.717, 1.165) is 110 Å². The zero-order valence-electron chi connectivity index (χ0n) is 25.2. The predicted molar refractivity (Wildman–Crippen MR) is 155 cm³/mol. The van der Waals surface area contributed by atoms with Crippen LogP contribution in [0.5, 0.6) is 0 Å². The van der Waals surface area contributed by atoms with Gasteiger partial charge in [-0.2, -0.15) is 8.78 Å². The molecule has 0 spiro atoms. The highest BCUT2D eigenvalue weighted by Gasteiger charge is 2.45. The maximum atomic E-state index is 13.5. The van der Waals surface area contributed by atoms with Gasteiger partial charge in [0.05, 0.1) is 24.5 Å². The first-order chi connectivity index (χ1) is 20.4. The molecule has 4 heterocycles. The standard InChI is InChI=1S/C30H53F2N7O3/c1-19-17-21(5-8-24(19)28(40)38-14-9-23(10-15-38)42-30-34-11-2-12-35-30)37-26-27-36-18-25(39(27)16-13-33-26)20-3-6-22(7-4-20)41-29(31)32/h19-27,29-30,33-37H,2-18H2,1H3. The number of piperidine rings is 1. The molecule has 4 saturated heterocycles. The van der Waals surface area contributed by atoms with Gasteiger partial charge >= 0.3 is 6.61 Å². The molecule has 6 fully saturated rings. The molecular formula is C30H53F2N7O3. The molecule has 5 N–H and O–H groups in total. The molecule has 42 heavy (non-hydrogen) atoms. The van der Waals surface area contributed by atoms with Gasteiger partial charge in [0.1, 0.15) is 0 Å². The molecule has 0 bridgehead atoms. The Bertz CT molecular complexity index is 868. The number of nitrogens with one attached hydrogen (secondary N) is 5. The van der Waals surface area contributed by atoms with E-state index in [1.54, 1.807) is 0 Å². The van der Waals surface area contributed by atoms with Crippen molar-refractivity contribution in [2.45, 2.75) is 121 Å². The Labute approximate surface area is 249 Å². The number of ether oxygens (including phenoxy) is 2. The van der Waals surface area contributed by atoms with Crippen LogP contribution in [0.2, 0.25) is 0 Å². The number of rotatable bonds is 8. The number of fused-ring (bicyclic) bond motifs is 1. The minimum absolute atomic E-state index is 0.0555. The van der Waals surface area contributed by atoms with E-state index in [9.17, 15) is 13.6 Å². The van der Waals surface area contributed by atoms with Crippen LogP contribution >= 0.6 is 0 Å². The van der Waals surface area contributed by atoms with Gasteiger partial charge in [-0.25, -0.2) is 0 Å². The van der Waals surface area contributed by atoms with Crippen LogP contribution < -0.4 is 26.6 Å². The van der Waals surface area contributed by atoms with E-state index in [2.05, 4.69) is 43.3 Å². The van der Waals surface area contributed by atoms with E-state index in [0.29, 0.717) is 29.8 Å². The summed E-state index contributed by atoms with van der Waals surface area (Å²) in [4.78, 5) is 18.2. The lowest BCUT2D eigenvalue weighted by Crippen LogP contribution is -2.67. The molecule has 6 atom stereocenters. The van der Waals surface area contributed by atoms with E-state index in [-0.39, 0.29) is 36.8 Å². The highest BCUT2D eigenvalue weighted by molar-refractivity contribution is 5.79. The normalized spacial score (nSPS) is 39.5. The van der Waals surface area contributed by atoms with Crippen molar-refractivity contribution in [2.75, 3.05) is 45.8 Å². The molecule has 1 amide bonds. The minimum Gasteiger partial charge on any atom is -0.347 e. The van der Waals surface area contributed by atoms with Crippen molar-refractivity contribution in [1.29, 1.82) is 0 Å². The molecule has 2 aliphatic carbocycles. The number of halogens is 2. The highest BCUT2D eigenvalue weighted by atomic mass is 19.3. The zero-order chi connectivity index (χ0) is 29.1. The first-order valence-electron chi connectivity index (χ1n) is 16.8.